The van der Waals surface area contributed by atoms with Gasteiger partial charge in [0.1, 0.15) is 25.2 Å². The molecule has 2 rings (SSSR count). The minimum Gasteiger partial charge on any atom is -0.354 e. The van der Waals surface area contributed by atoms with Gasteiger partial charge in [-0.25, -0.2) is 9.13 Å². The summed E-state index contributed by atoms with van der Waals surface area (Å²) in [6.07, 6.45) is 23.6. The lowest BCUT2D eigenvalue weighted by Gasteiger charge is -2.21. The highest BCUT2D eigenvalue weighted by Crippen LogP contribution is 2.11. The molecule has 0 fully saturated rings. The molecule has 0 bridgehead atoms. The molecule has 0 radical (unpaired) electrons. The van der Waals surface area contributed by atoms with Crippen LogP contribution in [0.4, 0.5) is 0 Å². The molecule has 52 heavy (non-hydrogen) atoms. The first kappa shape index (κ1) is 44.3. The van der Waals surface area contributed by atoms with Crippen LogP contribution >= 0.6 is 0 Å². The van der Waals surface area contributed by atoms with Crippen LogP contribution in [0.2, 0.25) is 0 Å². The van der Waals surface area contributed by atoms with Gasteiger partial charge in [0.25, 0.3) is 0 Å². The Labute approximate surface area is 314 Å². The van der Waals surface area contributed by atoms with Crippen molar-refractivity contribution in [3.8, 4) is 0 Å². The summed E-state index contributed by atoms with van der Waals surface area (Å²) in [5.41, 5.74) is 0. The maximum Gasteiger partial charge on any atom is 0.242 e. The van der Waals surface area contributed by atoms with Gasteiger partial charge in [0.15, 0.2) is 24.8 Å². The minimum absolute atomic E-state index is 0.0318. The molecule has 2 aromatic heterocycles. The molecule has 2 heterocycles. The Morgan fingerprint density at radius 2 is 0.769 bits per heavy atom. The molecule has 0 aliphatic carbocycles. The summed E-state index contributed by atoms with van der Waals surface area (Å²) in [6.45, 7) is 10.9. The van der Waals surface area contributed by atoms with Gasteiger partial charge in [0.2, 0.25) is 23.6 Å². The Balaban J connectivity index is 1.42. The smallest absolute Gasteiger partial charge is 0.242 e. The third kappa shape index (κ3) is 20.9. The van der Waals surface area contributed by atoms with Crippen LogP contribution in [-0.2, 0) is 32.3 Å². The molecule has 0 unspecified atom stereocenters. The molecule has 0 saturated heterocycles. The molecule has 10 heteroatoms. The van der Waals surface area contributed by atoms with E-state index in [0.29, 0.717) is 25.9 Å². The van der Waals surface area contributed by atoms with Crippen molar-refractivity contribution in [2.45, 2.75) is 156 Å². The van der Waals surface area contributed by atoms with E-state index in [0.717, 1.165) is 77.3 Å². The zero-order valence-corrected chi connectivity index (χ0v) is 32.8. The van der Waals surface area contributed by atoms with E-state index in [9.17, 15) is 19.2 Å². The van der Waals surface area contributed by atoms with Crippen LogP contribution in [0.5, 0.6) is 0 Å². The number of hydrogen-bond donors (Lipinski definition) is 4. The second-order valence-corrected chi connectivity index (χ2v) is 14.8. The van der Waals surface area contributed by atoms with Crippen molar-refractivity contribution in [1.82, 2.24) is 21.3 Å². The quantitative estimate of drug-likeness (QED) is 0.0634. The van der Waals surface area contributed by atoms with E-state index in [1.54, 1.807) is 0 Å². The van der Waals surface area contributed by atoms with Crippen molar-refractivity contribution in [2.24, 2.45) is 11.8 Å². The van der Waals surface area contributed by atoms with Gasteiger partial charge < -0.3 is 21.3 Å². The fourth-order valence-corrected chi connectivity index (χ4v) is 6.20. The van der Waals surface area contributed by atoms with Gasteiger partial charge in [0.05, 0.1) is 0 Å². The number of aryl methyl sites for hydroxylation is 2. The fourth-order valence-electron chi connectivity index (χ4n) is 6.20. The maximum atomic E-state index is 12.8. The summed E-state index contributed by atoms with van der Waals surface area (Å²) in [5.74, 6) is -0.231. The first-order valence-electron chi connectivity index (χ1n) is 20.2. The zero-order valence-electron chi connectivity index (χ0n) is 32.8. The molecular formula is C42H70N6O4+2. The zero-order chi connectivity index (χ0) is 37.8. The average molecular weight is 723 g/mol. The lowest BCUT2D eigenvalue weighted by Crippen LogP contribution is -2.49. The van der Waals surface area contributed by atoms with Crippen molar-refractivity contribution in [1.29, 1.82) is 0 Å². The predicted octanol–water partition coefficient (Wildman–Crippen LogP) is 5.72. The number of amides is 4. The van der Waals surface area contributed by atoms with Gasteiger partial charge in [-0.1, -0.05) is 91.2 Å². The Bertz CT molecular complexity index is 1160. The minimum atomic E-state index is -0.498. The summed E-state index contributed by atoms with van der Waals surface area (Å²) in [5, 5.41) is 12.0. The van der Waals surface area contributed by atoms with Crippen LogP contribution in [0.25, 0.3) is 0 Å². The topological polar surface area (TPSA) is 124 Å². The van der Waals surface area contributed by atoms with Crippen LogP contribution in [0.1, 0.15) is 130 Å². The Hall–Kier alpha value is -3.82. The number of rotatable bonds is 29. The van der Waals surface area contributed by atoms with Crippen LogP contribution in [0, 0.1) is 11.8 Å². The molecule has 0 aromatic carbocycles. The monoisotopic (exact) mass is 723 g/mol. The normalized spacial score (nSPS) is 12.3. The molecule has 4 N–H and O–H groups in total. The molecule has 10 nitrogen and oxygen atoms in total. The molecule has 0 aliphatic rings. The summed E-state index contributed by atoms with van der Waals surface area (Å²) in [7, 11) is 0. The highest BCUT2D eigenvalue weighted by Gasteiger charge is 2.24. The van der Waals surface area contributed by atoms with Crippen molar-refractivity contribution in [2.75, 3.05) is 13.1 Å². The first-order chi connectivity index (χ1) is 25.2. The van der Waals surface area contributed by atoms with E-state index in [4.69, 9.17) is 0 Å². The standard InChI is InChI=1S/C42H68N6O4/c1-35(2)39(45-37(49)25-15-23-33-47-29-19-13-20-30-47)41(51)43-27-17-11-9-7-5-6-8-10-12-18-28-44-42(52)40(36(3)4)46-38(50)26-16-24-34-48-31-21-14-22-32-48/h13-14,19-22,29-32,35-36,39-40H,5-12,15-18,23-28,33-34H2,1-4H3,(H2-2,43,44,45,46,49,50,51,52)/p+2/t39-,40-/m1/s1. The number of unbranched alkanes of at least 4 members (excludes halogenated alkanes) is 11. The molecule has 2 atom stereocenters. The highest BCUT2D eigenvalue weighted by atomic mass is 16.2. The maximum absolute atomic E-state index is 12.8. The van der Waals surface area contributed by atoms with Crippen LogP contribution in [-0.4, -0.2) is 48.8 Å². The molecule has 4 amide bonds. The number of nitrogens with zero attached hydrogens (tertiary/aromatic N) is 2. The van der Waals surface area contributed by atoms with Crippen LogP contribution in [0.15, 0.2) is 61.2 Å². The van der Waals surface area contributed by atoms with Crippen molar-refractivity contribution in [3.63, 3.8) is 0 Å². The number of nitrogens with one attached hydrogen (secondary N) is 4. The lowest BCUT2D eigenvalue weighted by molar-refractivity contribution is -0.697. The van der Waals surface area contributed by atoms with E-state index in [1.807, 2.05) is 88.9 Å². The summed E-state index contributed by atoms with van der Waals surface area (Å²) >= 11 is 0. The van der Waals surface area contributed by atoms with E-state index in [1.165, 1.54) is 25.7 Å². The van der Waals surface area contributed by atoms with Crippen LogP contribution in [0.3, 0.4) is 0 Å². The molecule has 0 saturated carbocycles. The summed E-state index contributed by atoms with van der Waals surface area (Å²) in [6, 6.07) is 11.0. The van der Waals surface area contributed by atoms with E-state index in [-0.39, 0.29) is 35.5 Å². The molecule has 2 aromatic rings. The van der Waals surface area contributed by atoms with Crippen molar-refractivity contribution < 1.29 is 28.3 Å². The largest absolute Gasteiger partial charge is 0.354 e. The summed E-state index contributed by atoms with van der Waals surface area (Å²) in [4.78, 5) is 50.5. The van der Waals surface area contributed by atoms with Gasteiger partial charge in [0, 0.05) is 63.0 Å². The van der Waals surface area contributed by atoms with Gasteiger partial charge in [-0.15, -0.1) is 0 Å². The summed E-state index contributed by atoms with van der Waals surface area (Å²) < 4.78 is 4.22. The molecule has 0 aliphatic heterocycles. The van der Waals surface area contributed by atoms with Crippen LogP contribution < -0.4 is 30.4 Å². The van der Waals surface area contributed by atoms with Gasteiger partial charge in [-0.2, -0.15) is 0 Å². The molecule has 0 spiro atoms. The van der Waals surface area contributed by atoms with E-state index >= 15 is 0 Å². The third-order valence-corrected chi connectivity index (χ3v) is 9.43. The van der Waals surface area contributed by atoms with Crippen molar-refractivity contribution >= 4 is 23.6 Å². The second kappa shape index (κ2) is 27.8. The average Bonchev–Trinajstić information content (AvgIpc) is 3.13. The third-order valence-electron chi connectivity index (χ3n) is 9.43. The van der Waals surface area contributed by atoms with E-state index < -0.39 is 12.1 Å². The number of pyridine rings is 2. The Morgan fingerprint density at radius 3 is 1.10 bits per heavy atom. The second-order valence-electron chi connectivity index (χ2n) is 14.8. The number of carbonyl (C=O) groups is 4. The molecule has 290 valence electrons. The number of aromatic nitrogens is 2. The van der Waals surface area contributed by atoms with Crippen molar-refractivity contribution in [3.05, 3.63) is 61.2 Å². The highest BCUT2D eigenvalue weighted by molar-refractivity contribution is 5.88. The van der Waals surface area contributed by atoms with E-state index in [2.05, 4.69) is 30.4 Å². The lowest BCUT2D eigenvalue weighted by atomic mass is 10.0. The number of hydrogen-bond acceptors (Lipinski definition) is 4. The SMILES string of the molecule is CC(C)[C@@H](NC(=O)CCCC[n+]1ccccc1)C(=O)NCCCCCCCCCCCCNC(=O)[C@H](NC(=O)CCCC[n+]1ccccc1)C(C)C. The first-order valence-corrected chi connectivity index (χ1v) is 20.2. The fraction of sp³-hybridized carbons (Fsp3) is 0.667. The number of carbonyl (C=O) groups excluding carboxylic acids is 4. The van der Waals surface area contributed by atoms with Gasteiger partial charge >= 0.3 is 0 Å². The molecular weight excluding hydrogens is 652 g/mol. The Morgan fingerprint density at radius 1 is 0.442 bits per heavy atom. The predicted molar refractivity (Wildman–Crippen MR) is 207 cm³/mol. The Kier molecular flexibility index (Phi) is 23.7. The van der Waals surface area contributed by atoms with Gasteiger partial charge in [-0.3, -0.25) is 19.2 Å². The van der Waals surface area contributed by atoms with Gasteiger partial charge in [-0.05, 0) is 37.5 Å².